The average Bonchev–Trinajstić information content (AvgIpc) is 3.00. The van der Waals surface area contributed by atoms with E-state index in [1.54, 1.807) is 20.4 Å². The van der Waals surface area contributed by atoms with Crippen LogP contribution in [0.25, 0.3) is 0 Å². The molecule has 2 aliphatic heterocycles. The number of piperazine rings is 1. The zero-order valence-corrected chi connectivity index (χ0v) is 27.1. The molecule has 1 aliphatic carbocycles. The van der Waals surface area contributed by atoms with E-state index in [2.05, 4.69) is 55.6 Å². The number of rotatable bonds is 10. The number of nitrogens with one attached hydrogen (secondary N) is 2. The van der Waals surface area contributed by atoms with Gasteiger partial charge in [-0.25, -0.2) is 4.98 Å². The highest BCUT2D eigenvalue weighted by molar-refractivity contribution is 7.56. The number of anilines is 5. The Morgan fingerprint density at radius 2 is 1.65 bits per heavy atom. The van der Waals surface area contributed by atoms with Gasteiger partial charge < -0.3 is 29.5 Å². The molecule has 3 aliphatic rings. The number of hydrogen-bond donors (Lipinski definition) is 2. The third-order valence-corrected chi connectivity index (χ3v) is 10.8. The van der Waals surface area contributed by atoms with Crippen molar-refractivity contribution < 1.29 is 9.05 Å². The second-order valence-corrected chi connectivity index (χ2v) is 13.9. The van der Waals surface area contributed by atoms with Gasteiger partial charge in [0.2, 0.25) is 14.3 Å². The smallest absolute Gasteiger partial charge is 0.229 e. The Balaban J connectivity index is 1.17. The van der Waals surface area contributed by atoms with Crippen molar-refractivity contribution in [3.8, 4) is 0 Å². The summed E-state index contributed by atoms with van der Waals surface area (Å²) in [5, 5.41) is 8.17. The van der Waals surface area contributed by atoms with Gasteiger partial charge in [0.1, 0.15) is 5.02 Å². The van der Waals surface area contributed by atoms with Crippen LogP contribution >= 0.6 is 20.0 Å². The number of halogens is 1. The predicted molar refractivity (Wildman–Crippen MR) is 178 cm³/mol. The van der Waals surface area contributed by atoms with Crippen LogP contribution in [0.3, 0.4) is 0 Å². The summed E-state index contributed by atoms with van der Waals surface area (Å²) in [5.41, 5.74) is 4.67. The third kappa shape index (κ3) is 7.08. The molecular weight excluding hydrogens is 581 g/mol. The molecule has 43 heavy (non-hydrogen) atoms. The summed E-state index contributed by atoms with van der Waals surface area (Å²) in [4.78, 5) is 17.0. The van der Waals surface area contributed by atoms with Crippen LogP contribution in [-0.2, 0) is 9.05 Å². The molecular formula is C32H43ClN7O2P. The summed E-state index contributed by atoms with van der Waals surface area (Å²) in [6.07, 6.45) is 7.92. The molecule has 3 aromatic rings. The molecule has 1 saturated carbocycles. The van der Waals surface area contributed by atoms with Gasteiger partial charge in [-0.2, -0.15) is 4.98 Å². The maximum atomic E-state index is 6.53. The first-order valence-electron chi connectivity index (χ1n) is 15.4. The monoisotopic (exact) mass is 623 g/mol. The summed E-state index contributed by atoms with van der Waals surface area (Å²) < 4.78 is 11.1. The number of nitrogens with zero attached hydrogens (tertiary/aromatic N) is 5. The molecule has 0 bridgehead atoms. The van der Waals surface area contributed by atoms with Crippen molar-refractivity contribution in [3.05, 3.63) is 59.2 Å². The lowest BCUT2D eigenvalue weighted by molar-refractivity contribution is 0.0981. The van der Waals surface area contributed by atoms with E-state index < -0.39 is 8.38 Å². The van der Waals surface area contributed by atoms with E-state index in [0.29, 0.717) is 28.7 Å². The molecule has 11 heteroatoms. The summed E-state index contributed by atoms with van der Waals surface area (Å²) in [7, 11) is 4.30. The summed E-state index contributed by atoms with van der Waals surface area (Å²) in [6.45, 7) is 7.01. The van der Waals surface area contributed by atoms with Crippen molar-refractivity contribution in [1.29, 1.82) is 0 Å². The quantitative estimate of drug-likeness (QED) is 0.252. The van der Waals surface area contributed by atoms with E-state index in [0.717, 1.165) is 29.8 Å². The zero-order valence-electron chi connectivity index (χ0n) is 25.4. The molecule has 9 nitrogen and oxygen atoms in total. The maximum absolute atomic E-state index is 6.53. The van der Waals surface area contributed by atoms with Crippen molar-refractivity contribution in [3.63, 3.8) is 0 Å². The van der Waals surface area contributed by atoms with E-state index in [4.69, 9.17) is 25.6 Å². The molecule has 2 aromatic carbocycles. The number of likely N-dealkylation sites (N-methyl/N-ethyl adjacent to an activating group) is 1. The van der Waals surface area contributed by atoms with Crippen molar-refractivity contribution >= 4 is 54.1 Å². The Bertz CT molecular complexity index is 1370. The van der Waals surface area contributed by atoms with Gasteiger partial charge in [-0.15, -0.1) is 0 Å². The van der Waals surface area contributed by atoms with Crippen molar-refractivity contribution in [2.24, 2.45) is 0 Å². The van der Waals surface area contributed by atoms with Crippen LogP contribution < -0.4 is 20.8 Å². The van der Waals surface area contributed by atoms with E-state index in [9.17, 15) is 0 Å². The first-order valence-corrected chi connectivity index (χ1v) is 16.9. The molecule has 0 unspecified atom stereocenters. The van der Waals surface area contributed by atoms with E-state index in [1.165, 1.54) is 69.5 Å². The number of hydrogen-bond acceptors (Lipinski definition) is 9. The lowest BCUT2D eigenvalue weighted by atomic mass is 9.79. The van der Waals surface area contributed by atoms with Gasteiger partial charge in [-0.05, 0) is 74.5 Å². The van der Waals surface area contributed by atoms with Crippen LogP contribution in [0.1, 0.15) is 43.6 Å². The lowest BCUT2D eigenvalue weighted by Gasteiger charge is -2.43. The molecule has 3 fully saturated rings. The summed E-state index contributed by atoms with van der Waals surface area (Å²) >= 11 is 6.53. The van der Waals surface area contributed by atoms with Gasteiger partial charge >= 0.3 is 0 Å². The highest BCUT2D eigenvalue weighted by atomic mass is 35.5. The first kappa shape index (κ1) is 30.5. The minimum absolute atomic E-state index is 0.435. The normalized spacial score (nSPS) is 19.0. The summed E-state index contributed by atoms with van der Waals surface area (Å²) in [5.74, 6) is 1.63. The van der Waals surface area contributed by atoms with Crippen molar-refractivity contribution in [2.45, 2.75) is 44.1 Å². The van der Waals surface area contributed by atoms with Crippen LogP contribution in [-0.4, -0.2) is 86.3 Å². The van der Waals surface area contributed by atoms with Gasteiger partial charge in [0.15, 0.2) is 5.82 Å². The van der Waals surface area contributed by atoms with Crippen LogP contribution in [0.4, 0.5) is 28.8 Å². The number of aromatic nitrogens is 2. The Hall–Kier alpha value is -2.52. The lowest BCUT2D eigenvalue weighted by Crippen LogP contribution is -2.52. The highest BCUT2D eigenvalue weighted by Gasteiger charge is 2.30. The fraction of sp³-hybridized carbons (Fsp3) is 0.500. The van der Waals surface area contributed by atoms with Gasteiger partial charge in [-0.1, -0.05) is 30.2 Å². The first-order chi connectivity index (χ1) is 21.0. The van der Waals surface area contributed by atoms with Crippen molar-refractivity contribution in [2.75, 3.05) is 76.1 Å². The number of para-hydroxylation sites is 1. The Kier molecular flexibility index (Phi) is 9.97. The second-order valence-electron chi connectivity index (χ2n) is 11.7. The van der Waals surface area contributed by atoms with E-state index >= 15 is 0 Å². The minimum Gasteiger partial charge on any atom is -0.371 e. The van der Waals surface area contributed by atoms with Crippen LogP contribution in [0.5, 0.6) is 0 Å². The fourth-order valence-electron chi connectivity index (χ4n) is 6.41. The molecule has 0 spiro atoms. The number of piperidine rings is 1. The SMILES string of the molecule is COP(OC)c1ccccc1Nc1nc(Nc2ccc(N3CCC(N4CCN(C)CC4)CC3)c(C3CCC3)c2)ncc1Cl. The van der Waals surface area contributed by atoms with Crippen molar-refractivity contribution in [1.82, 2.24) is 19.8 Å². The van der Waals surface area contributed by atoms with Crippen LogP contribution in [0.15, 0.2) is 48.7 Å². The zero-order chi connectivity index (χ0) is 29.8. The topological polar surface area (TPSA) is 78.0 Å². The molecule has 3 heterocycles. The minimum atomic E-state index is -1.22. The highest BCUT2D eigenvalue weighted by Crippen LogP contribution is 2.43. The molecule has 2 N–H and O–H groups in total. The Morgan fingerprint density at radius 3 is 2.35 bits per heavy atom. The predicted octanol–water partition coefficient (Wildman–Crippen LogP) is 6.33. The third-order valence-electron chi connectivity index (χ3n) is 9.12. The maximum Gasteiger partial charge on any atom is 0.229 e. The van der Waals surface area contributed by atoms with Gasteiger partial charge in [0, 0.05) is 70.9 Å². The van der Waals surface area contributed by atoms with E-state index in [-0.39, 0.29) is 0 Å². The van der Waals surface area contributed by atoms with Gasteiger partial charge in [0.25, 0.3) is 0 Å². The molecule has 0 atom stereocenters. The molecule has 0 radical (unpaired) electrons. The second kappa shape index (κ2) is 14.1. The largest absolute Gasteiger partial charge is 0.371 e. The molecule has 6 rings (SSSR count). The molecule has 1 aromatic heterocycles. The van der Waals surface area contributed by atoms with Crippen LogP contribution in [0, 0.1) is 0 Å². The Morgan fingerprint density at radius 1 is 0.907 bits per heavy atom. The standard InChI is InChI=1S/C32H43ClN7O2P/c1-38-17-19-39(20-18-38)25-13-15-40(16-14-25)29-12-11-24(21-26(29)23-7-6-8-23)35-32-34-22-27(33)31(37-32)36-28-9-4-5-10-30(28)43(41-2)42-3/h4-5,9-12,21-23,25H,6-8,13-20H2,1-3H3,(H2,34,35,36,37). The van der Waals surface area contributed by atoms with Gasteiger partial charge in [-0.3, -0.25) is 4.90 Å². The van der Waals surface area contributed by atoms with Crippen LogP contribution in [0.2, 0.25) is 5.02 Å². The molecule has 230 valence electrons. The Labute approximate surface area is 261 Å². The van der Waals surface area contributed by atoms with Gasteiger partial charge in [0.05, 0.1) is 17.2 Å². The average molecular weight is 624 g/mol. The molecule has 0 amide bonds. The van der Waals surface area contributed by atoms with E-state index in [1.807, 2.05) is 24.3 Å². The fourth-order valence-corrected chi connectivity index (χ4v) is 7.62. The molecule has 2 saturated heterocycles. The number of benzene rings is 2. The summed E-state index contributed by atoms with van der Waals surface area (Å²) in [6, 6.07) is 15.4.